The highest BCUT2D eigenvalue weighted by Gasteiger charge is 2.20. The Hall–Kier alpha value is -3.22. The number of hydrogen-bond donors (Lipinski definition) is 0. The normalized spacial score (nSPS) is 13.5. The molecule has 0 unspecified atom stereocenters. The van der Waals surface area contributed by atoms with E-state index in [1.54, 1.807) is 12.1 Å². The number of nitro benzene ring substituents is 1. The molecule has 2 heterocycles. The van der Waals surface area contributed by atoms with E-state index >= 15 is 0 Å². The van der Waals surface area contributed by atoms with Crippen molar-refractivity contribution in [2.24, 2.45) is 0 Å². The van der Waals surface area contributed by atoms with E-state index in [-0.39, 0.29) is 5.69 Å². The van der Waals surface area contributed by atoms with Crippen LogP contribution in [0.5, 0.6) is 0 Å². The number of aryl methyl sites for hydroxylation is 2. The van der Waals surface area contributed by atoms with Crippen molar-refractivity contribution in [3.63, 3.8) is 0 Å². The Labute approximate surface area is 150 Å². The maximum atomic E-state index is 10.7. The molecule has 0 fully saturated rings. The first-order chi connectivity index (χ1) is 12.6. The van der Waals surface area contributed by atoms with Gasteiger partial charge in [-0.2, -0.15) is 0 Å². The van der Waals surface area contributed by atoms with Crippen molar-refractivity contribution in [2.75, 3.05) is 11.4 Å². The topological polar surface area (TPSA) is 85.3 Å². The van der Waals surface area contributed by atoms with Gasteiger partial charge in [0, 0.05) is 29.9 Å². The van der Waals surface area contributed by atoms with E-state index in [0.717, 1.165) is 19.4 Å². The van der Waals surface area contributed by atoms with Gasteiger partial charge in [0.15, 0.2) is 0 Å². The van der Waals surface area contributed by atoms with Gasteiger partial charge in [-0.1, -0.05) is 17.7 Å². The summed E-state index contributed by atoms with van der Waals surface area (Å²) in [6, 6.07) is 12.6. The lowest BCUT2D eigenvalue weighted by Crippen LogP contribution is -2.29. The predicted octanol–water partition coefficient (Wildman–Crippen LogP) is 3.91. The van der Waals surface area contributed by atoms with Gasteiger partial charge >= 0.3 is 0 Å². The third kappa shape index (κ3) is 3.15. The van der Waals surface area contributed by atoms with Crippen molar-refractivity contribution in [3.8, 4) is 11.5 Å². The highest BCUT2D eigenvalue weighted by Crippen LogP contribution is 2.29. The number of benzene rings is 2. The predicted molar refractivity (Wildman–Crippen MR) is 96.9 cm³/mol. The zero-order valence-electron chi connectivity index (χ0n) is 14.4. The number of nitrogens with zero attached hydrogens (tertiary/aromatic N) is 4. The molecule has 3 aromatic rings. The largest absolute Gasteiger partial charge is 0.419 e. The maximum absolute atomic E-state index is 10.7. The molecule has 1 aromatic heterocycles. The number of hydrogen-bond acceptors (Lipinski definition) is 6. The van der Waals surface area contributed by atoms with Gasteiger partial charge in [0.2, 0.25) is 11.8 Å². The highest BCUT2D eigenvalue weighted by atomic mass is 16.6. The number of non-ortho nitro benzene ring substituents is 1. The lowest BCUT2D eigenvalue weighted by molar-refractivity contribution is -0.384. The van der Waals surface area contributed by atoms with Gasteiger partial charge in [-0.15, -0.1) is 10.2 Å². The molecule has 0 atom stereocenters. The molecule has 0 amide bonds. The summed E-state index contributed by atoms with van der Waals surface area (Å²) in [4.78, 5) is 12.6. The molecule has 7 heteroatoms. The number of fused-ring (bicyclic) bond motifs is 1. The second kappa shape index (κ2) is 6.59. The van der Waals surface area contributed by atoms with Crippen molar-refractivity contribution >= 4 is 11.4 Å². The number of aromatic nitrogens is 2. The SMILES string of the molecule is Cc1ccc2c(c1)CCCN2Cc1nnc(-c2ccc([N+](=O)[O-])cc2)o1. The Morgan fingerprint density at radius 2 is 2.00 bits per heavy atom. The van der Waals surface area contributed by atoms with E-state index in [1.807, 2.05) is 0 Å². The van der Waals surface area contributed by atoms with E-state index in [4.69, 9.17) is 4.42 Å². The summed E-state index contributed by atoms with van der Waals surface area (Å²) in [5.74, 6) is 0.905. The third-order valence-corrected chi connectivity index (χ3v) is 4.57. The number of nitro groups is 1. The fourth-order valence-corrected chi connectivity index (χ4v) is 3.29. The minimum Gasteiger partial charge on any atom is -0.419 e. The average molecular weight is 350 g/mol. The zero-order chi connectivity index (χ0) is 18.1. The Kier molecular flexibility index (Phi) is 4.12. The molecule has 1 aliphatic rings. The van der Waals surface area contributed by atoms with Gasteiger partial charge in [-0.3, -0.25) is 10.1 Å². The lowest BCUT2D eigenvalue weighted by Gasteiger charge is -2.30. The van der Waals surface area contributed by atoms with Crippen LogP contribution >= 0.6 is 0 Å². The Bertz CT molecular complexity index is 950. The quantitative estimate of drug-likeness (QED) is 0.524. The van der Waals surface area contributed by atoms with Crippen molar-refractivity contribution in [1.82, 2.24) is 10.2 Å². The van der Waals surface area contributed by atoms with Gasteiger partial charge in [0.1, 0.15) is 0 Å². The summed E-state index contributed by atoms with van der Waals surface area (Å²) >= 11 is 0. The summed E-state index contributed by atoms with van der Waals surface area (Å²) in [6.07, 6.45) is 2.19. The molecule has 0 radical (unpaired) electrons. The van der Waals surface area contributed by atoms with E-state index in [2.05, 4.69) is 40.2 Å². The smallest absolute Gasteiger partial charge is 0.269 e. The molecule has 132 valence electrons. The summed E-state index contributed by atoms with van der Waals surface area (Å²) in [5, 5.41) is 19.0. The van der Waals surface area contributed by atoms with Crippen LogP contribution in [0.25, 0.3) is 11.5 Å². The van der Waals surface area contributed by atoms with Crippen LogP contribution in [0.4, 0.5) is 11.4 Å². The van der Waals surface area contributed by atoms with Crippen molar-refractivity contribution < 1.29 is 9.34 Å². The first-order valence-electron chi connectivity index (χ1n) is 8.52. The first kappa shape index (κ1) is 16.3. The van der Waals surface area contributed by atoms with Crippen LogP contribution < -0.4 is 4.90 Å². The van der Waals surface area contributed by atoms with Gasteiger partial charge in [0.05, 0.1) is 11.5 Å². The zero-order valence-corrected chi connectivity index (χ0v) is 14.4. The molecule has 0 N–H and O–H groups in total. The molecule has 0 spiro atoms. The van der Waals surface area contributed by atoms with Crippen LogP contribution in [0.15, 0.2) is 46.9 Å². The Balaban J connectivity index is 1.53. The van der Waals surface area contributed by atoms with Crippen molar-refractivity contribution in [2.45, 2.75) is 26.3 Å². The molecule has 1 aliphatic heterocycles. The molecule has 0 aliphatic carbocycles. The fraction of sp³-hybridized carbons (Fsp3) is 0.263. The number of rotatable bonds is 4. The van der Waals surface area contributed by atoms with Crippen LogP contribution in [-0.4, -0.2) is 21.7 Å². The number of anilines is 1. The van der Waals surface area contributed by atoms with Crippen LogP contribution in [-0.2, 0) is 13.0 Å². The van der Waals surface area contributed by atoms with Crippen LogP contribution in [0.2, 0.25) is 0 Å². The van der Waals surface area contributed by atoms with Gasteiger partial charge < -0.3 is 9.32 Å². The average Bonchev–Trinajstić information content (AvgIpc) is 3.10. The Morgan fingerprint density at radius 3 is 2.77 bits per heavy atom. The van der Waals surface area contributed by atoms with E-state index in [0.29, 0.717) is 23.9 Å². The molecular weight excluding hydrogens is 332 g/mol. The van der Waals surface area contributed by atoms with Crippen molar-refractivity contribution in [1.29, 1.82) is 0 Å². The summed E-state index contributed by atoms with van der Waals surface area (Å²) in [5.41, 5.74) is 4.55. The standard InChI is InChI=1S/C19H18N4O3/c1-13-4-9-17-15(11-13)3-2-10-22(17)12-18-20-21-19(26-18)14-5-7-16(8-6-14)23(24)25/h4-9,11H,2-3,10,12H2,1H3. The molecule has 7 nitrogen and oxygen atoms in total. The monoisotopic (exact) mass is 350 g/mol. The summed E-state index contributed by atoms with van der Waals surface area (Å²) in [6.45, 7) is 3.61. The molecule has 0 saturated heterocycles. The minimum atomic E-state index is -0.432. The second-order valence-electron chi connectivity index (χ2n) is 6.46. The van der Waals surface area contributed by atoms with Crippen LogP contribution in [0, 0.1) is 17.0 Å². The van der Waals surface area contributed by atoms with E-state index in [9.17, 15) is 10.1 Å². The van der Waals surface area contributed by atoms with Crippen molar-refractivity contribution in [3.05, 3.63) is 69.6 Å². The molecule has 0 bridgehead atoms. The highest BCUT2D eigenvalue weighted by molar-refractivity contribution is 5.57. The molecule has 2 aromatic carbocycles. The molecule has 4 rings (SSSR count). The third-order valence-electron chi connectivity index (χ3n) is 4.57. The van der Waals surface area contributed by atoms with Gasteiger partial charge in [0.25, 0.3) is 5.69 Å². The van der Waals surface area contributed by atoms with Crippen LogP contribution in [0.1, 0.15) is 23.4 Å². The maximum Gasteiger partial charge on any atom is 0.269 e. The van der Waals surface area contributed by atoms with E-state index in [1.165, 1.54) is 28.9 Å². The van der Waals surface area contributed by atoms with Crippen LogP contribution in [0.3, 0.4) is 0 Å². The molecule has 0 saturated carbocycles. The van der Waals surface area contributed by atoms with Gasteiger partial charge in [-0.25, -0.2) is 0 Å². The summed E-state index contributed by atoms with van der Waals surface area (Å²) < 4.78 is 5.78. The Morgan fingerprint density at radius 1 is 1.19 bits per heavy atom. The molecule has 26 heavy (non-hydrogen) atoms. The fourth-order valence-electron chi connectivity index (χ4n) is 3.29. The summed E-state index contributed by atoms with van der Waals surface area (Å²) in [7, 11) is 0. The van der Waals surface area contributed by atoms with Gasteiger partial charge in [-0.05, 0) is 43.5 Å². The second-order valence-corrected chi connectivity index (χ2v) is 6.46. The van der Waals surface area contributed by atoms with E-state index < -0.39 is 4.92 Å². The minimum absolute atomic E-state index is 0.0358. The first-order valence-corrected chi connectivity index (χ1v) is 8.52. The molecular formula is C19H18N4O3. The lowest BCUT2D eigenvalue weighted by atomic mass is 10.00.